The lowest BCUT2D eigenvalue weighted by molar-refractivity contribution is 0.0950. The highest BCUT2D eigenvalue weighted by atomic mass is 16.5. The molecule has 0 unspecified atom stereocenters. The highest BCUT2D eigenvalue weighted by Gasteiger charge is 2.16. The van der Waals surface area contributed by atoms with Gasteiger partial charge in [0.1, 0.15) is 11.3 Å². The number of benzene rings is 1. The summed E-state index contributed by atoms with van der Waals surface area (Å²) >= 11 is 0. The van der Waals surface area contributed by atoms with Gasteiger partial charge >= 0.3 is 0 Å². The Hall–Kier alpha value is -2.89. The van der Waals surface area contributed by atoms with Crippen molar-refractivity contribution < 1.29 is 9.53 Å². The molecule has 3 aromatic rings. The lowest BCUT2D eigenvalue weighted by Gasteiger charge is -2.08. The van der Waals surface area contributed by atoms with E-state index in [9.17, 15) is 4.79 Å². The molecule has 0 aliphatic carbocycles. The first-order chi connectivity index (χ1) is 11.6. The Morgan fingerprint density at radius 3 is 2.92 bits per heavy atom. The molecule has 1 aromatic carbocycles. The summed E-state index contributed by atoms with van der Waals surface area (Å²) in [4.78, 5) is 16.7. The number of carbonyl (C=O) groups excluding carboxylic acids is 1. The number of aromatic nitrogens is 3. The molecule has 2 heterocycles. The molecule has 24 heavy (non-hydrogen) atoms. The molecule has 0 fully saturated rings. The van der Waals surface area contributed by atoms with Crippen LogP contribution >= 0.6 is 0 Å². The standard InChI is InChI=1S/C18H20N4O2/c1-12(2)10-20-18(23)15-11-21-22-16(7-8-19-17(15)22)13-5-4-6-14(9-13)24-3/h4-9,11-12H,10H2,1-3H3,(H,20,23). The number of nitrogens with zero attached hydrogens (tertiary/aromatic N) is 3. The van der Waals surface area contributed by atoms with Crippen molar-refractivity contribution in [1.82, 2.24) is 19.9 Å². The number of rotatable bonds is 5. The molecule has 1 N–H and O–H groups in total. The van der Waals surface area contributed by atoms with Gasteiger partial charge in [0.2, 0.25) is 0 Å². The first-order valence-corrected chi connectivity index (χ1v) is 7.85. The summed E-state index contributed by atoms with van der Waals surface area (Å²) in [5.41, 5.74) is 2.80. The summed E-state index contributed by atoms with van der Waals surface area (Å²) in [7, 11) is 1.63. The van der Waals surface area contributed by atoms with Gasteiger partial charge in [-0.05, 0) is 24.1 Å². The van der Waals surface area contributed by atoms with Gasteiger partial charge in [-0.15, -0.1) is 0 Å². The lowest BCUT2D eigenvalue weighted by Crippen LogP contribution is -2.27. The quantitative estimate of drug-likeness (QED) is 0.783. The van der Waals surface area contributed by atoms with Crippen LogP contribution in [-0.2, 0) is 0 Å². The summed E-state index contributed by atoms with van der Waals surface area (Å²) < 4.78 is 6.96. The second kappa shape index (κ2) is 6.70. The number of nitrogens with one attached hydrogen (secondary N) is 1. The molecule has 0 saturated heterocycles. The van der Waals surface area contributed by atoms with Crippen molar-refractivity contribution in [2.24, 2.45) is 5.92 Å². The Kier molecular flexibility index (Phi) is 4.46. The second-order valence-corrected chi connectivity index (χ2v) is 5.96. The highest BCUT2D eigenvalue weighted by molar-refractivity contribution is 5.99. The third-order valence-corrected chi connectivity index (χ3v) is 3.68. The van der Waals surface area contributed by atoms with Gasteiger partial charge in [-0.1, -0.05) is 26.0 Å². The van der Waals surface area contributed by atoms with Crippen LogP contribution in [0.5, 0.6) is 5.75 Å². The average molecular weight is 324 g/mol. The van der Waals surface area contributed by atoms with Gasteiger partial charge in [-0.3, -0.25) is 4.79 Å². The van der Waals surface area contributed by atoms with E-state index in [4.69, 9.17) is 4.74 Å². The SMILES string of the molecule is COc1cccc(-c2ccnc3c(C(=O)NCC(C)C)cnn23)c1. The van der Waals surface area contributed by atoms with Gasteiger partial charge in [-0.2, -0.15) is 5.10 Å². The fourth-order valence-electron chi connectivity index (χ4n) is 2.44. The summed E-state index contributed by atoms with van der Waals surface area (Å²) in [6, 6.07) is 9.56. The largest absolute Gasteiger partial charge is 0.497 e. The molecular formula is C18H20N4O2. The van der Waals surface area contributed by atoms with Gasteiger partial charge in [0.05, 0.1) is 19.0 Å². The van der Waals surface area contributed by atoms with Gasteiger partial charge in [-0.25, -0.2) is 9.50 Å². The van der Waals surface area contributed by atoms with Gasteiger partial charge in [0.15, 0.2) is 5.65 Å². The Bertz CT molecular complexity index is 870. The number of hydrogen-bond acceptors (Lipinski definition) is 4. The Morgan fingerprint density at radius 1 is 1.33 bits per heavy atom. The van der Waals surface area contributed by atoms with E-state index in [-0.39, 0.29) is 5.91 Å². The molecular weight excluding hydrogens is 304 g/mol. The number of methoxy groups -OCH3 is 1. The Morgan fingerprint density at radius 2 is 2.17 bits per heavy atom. The second-order valence-electron chi connectivity index (χ2n) is 5.96. The van der Waals surface area contributed by atoms with Crippen LogP contribution in [0, 0.1) is 5.92 Å². The van der Waals surface area contributed by atoms with Crippen LogP contribution < -0.4 is 10.1 Å². The van der Waals surface area contributed by atoms with Gasteiger partial charge in [0.25, 0.3) is 5.91 Å². The molecule has 6 heteroatoms. The molecule has 0 bridgehead atoms. The zero-order chi connectivity index (χ0) is 17.1. The smallest absolute Gasteiger partial charge is 0.256 e. The van der Waals surface area contributed by atoms with E-state index in [1.165, 1.54) is 0 Å². The fourth-order valence-corrected chi connectivity index (χ4v) is 2.44. The lowest BCUT2D eigenvalue weighted by atomic mass is 10.1. The molecule has 0 spiro atoms. The molecule has 0 atom stereocenters. The van der Waals surface area contributed by atoms with Crippen molar-refractivity contribution in [1.29, 1.82) is 0 Å². The first kappa shape index (κ1) is 16.0. The minimum atomic E-state index is -0.158. The minimum Gasteiger partial charge on any atom is -0.497 e. The van der Waals surface area contributed by atoms with E-state index in [1.807, 2.05) is 30.3 Å². The normalized spacial score (nSPS) is 11.0. The monoisotopic (exact) mass is 324 g/mol. The zero-order valence-corrected chi connectivity index (χ0v) is 14.0. The van der Waals surface area contributed by atoms with Crippen molar-refractivity contribution >= 4 is 11.6 Å². The maximum Gasteiger partial charge on any atom is 0.256 e. The van der Waals surface area contributed by atoms with Crippen LogP contribution in [0.25, 0.3) is 16.9 Å². The summed E-state index contributed by atoms with van der Waals surface area (Å²) in [5.74, 6) is 0.990. The van der Waals surface area contributed by atoms with Crippen LogP contribution in [0.15, 0.2) is 42.7 Å². The summed E-state index contributed by atoms with van der Waals surface area (Å²) in [5, 5.41) is 7.25. The number of amides is 1. The Labute approximate surface area is 140 Å². The molecule has 124 valence electrons. The van der Waals surface area contributed by atoms with Crippen molar-refractivity contribution in [2.75, 3.05) is 13.7 Å². The molecule has 1 amide bonds. The van der Waals surface area contributed by atoms with Crippen molar-refractivity contribution in [3.05, 3.63) is 48.3 Å². The van der Waals surface area contributed by atoms with Crippen molar-refractivity contribution in [3.8, 4) is 17.0 Å². The number of fused-ring (bicyclic) bond motifs is 1. The van der Waals surface area contributed by atoms with Crippen LogP contribution in [0.1, 0.15) is 24.2 Å². The zero-order valence-electron chi connectivity index (χ0n) is 14.0. The van der Waals surface area contributed by atoms with Gasteiger partial charge in [0, 0.05) is 18.3 Å². The molecule has 0 saturated carbocycles. The predicted octanol–water partition coefficient (Wildman–Crippen LogP) is 2.79. The molecule has 0 aliphatic rings. The number of hydrogen-bond donors (Lipinski definition) is 1. The summed E-state index contributed by atoms with van der Waals surface area (Å²) in [6.45, 7) is 4.72. The molecule has 0 aliphatic heterocycles. The fraction of sp³-hybridized carbons (Fsp3) is 0.278. The third kappa shape index (κ3) is 3.08. The van der Waals surface area contributed by atoms with E-state index >= 15 is 0 Å². The van der Waals surface area contributed by atoms with Crippen LogP contribution in [0.4, 0.5) is 0 Å². The average Bonchev–Trinajstić information content (AvgIpc) is 3.03. The highest BCUT2D eigenvalue weighted by Crippen LogP contribution is 2.24. The third-order valence-electron chi connectivity index (χ3n) is 3.68. The first-order valence-electron chi connectivity index (χ1n) is 7.85. The number of carbonyl (C=O) groups is 1. The van der Waals surface area contributed by atoms with E-state index in [0.717, 1.165) is 17.0 Å². The maximum absolute atomic E-state index is 12.3. The van der Waals surface area contributed by atoms with Gasteiger partial charge < -0.3 is 10.1 Å². The van der Waals surface area contributed by atoms with Crippen LogP contribution in [0.2, 0.25) is 0 Å². The minimum absolute atomic E-state index is 0.158. The predicted molar refractivity (Wildman–Crippen MR) is 92.1 cm³/mol. The van der Waals surface area contributed by atoms with Crippen LogP contribution in [-0.4, -0.2) is 34.2 Å². The topological polar surface area (TPSA) is 68.5 Å². The van der Waals surface area contributed by atoms with E-state index in [0.29, 0.717) is 23.7 Å². The molecule has 3 rings (SSSR count). The van der Waals surface area contributed by atoms with Crippen LogP contribution in [0.3, 0.4) is 0 Å². The number of ether oxygens (including phenoxy) is 1. The maximum atomic E-state index is 12.3. The molecule has 0 radical (unpaired) electrons. The Balaban J connectivity index is 2.01. The van der Waals surface area contributed by atoms with E-state index < -0.39 is 0 Å². The molecule has 6 nitrogen and oxygen atoms in total. The summed E-state index contributed by atoms with van der Waals surface area (Å²) in [6.07, 6.45) is 3.24. The van der Waals surface area contributed by atoms with E-state index in [1.54, 1.807) is 24.0 Å². The van der Waals surface area contributed by atoms with Crippen molar-refractivity contribution in [2.45, 2.75) is 13.8 Å². The van der Waals surface area contributed by atoms with E-state index in [2.05, 4.69) is 29.2 Å². The van der Waals surface area contributed by atoms with Crippen molar-refractivity contribution in [3.63, 3.8) is 0 Å². The molecule has 2 aromatic heterocycles.